The zero-order valence-electron chi connectivity index (χ0n) is 9.45. The Kier molecular flexibility index (Phi) is 3.41. The van der Waals surface area contributed by atoms with Gasteiger partial charge in [-0.1, -0.05) is 6.07 Å². The first-order chi connectivity index (χ1) is 7.69. The lowest BCUT2D eigenvalue weighted by Gasteiger charge is -2.15. The van der Waals surface area contributed by atoms with Crippen LogP contribution in [0.2, 0.25) is 0 Å². The fraction of sp³-hybridized carbons (Fsp3) is 0.500. The average Bonchev–Trinajstić information content (AvgIpc) is 2.64. The summed E-state index contributed by atoms with van der Waals surface area (Å²) in [6, 6.07) is 5.36. The van der Waals surface area contributed by atoms with Gasteiger partial charge >= 0.3 is 0 Å². The summed E-state index contributed by atoms with van der Waals surface area (Å²) >= 11 is 0. The van der Waals surface area contributed by atoms with Crippen LogP contribution >= 0.6 is 0 Å². The van der Waals surface area contributed by atoms with Crippen molar-refractivity contribution in [2.45, 2.75) is 19.0 Å². The number of ether oxygens (including phenoxy) is 1. The molecule has 0 amide bonds. The molecule has 88 valence electrons. The Morgan fingerprint density at radius 1 is 1.56 bits per heavy atom. The second-order valence-corrected chi connectivity index (χ2v) is 4.25. The van der Waals surface area contributed by atoms with Crippen molar-refractivity contribution in [2.75, 3.05) is 20.2 Å². The highest BCUT2D eigenvalue weighted by atomic mass is 19.1. The maximum Gasteiger partial charge on any atom is 0.165 e. The van der Waals surface area contributed by atoms with Crippen LogP contribution in [0.3, 0.4) is 0 Å². The quantitative estimate of drug-likeness (QED) is 0.842. The molecule has 4 heteroatoms. The molecular weight excluding hydrogens is 207 g/mol. The van der Waals surface area contributed by atoms with Crippen molar-refractivity contribution in [3.63, 3.8) is 0 Å². The smallest absolute Gasteiger partial charge is 0.165 e. The van der Waals surface area contributed by atoms with Gasteiger partial charge in [-0.25, -0.2) is 4.39 Å². The van der Waals surface area contributed by atoms with E-state index in [-0.39, 0.29) is 11.9 Å². The average molecular weight is 224 g/mol. The Morgan fingerprint density at radius 3 is 2.94 bits per heavy atom. The molecule has 2 N–H and O–H groups in total. The third-order valence-corrected chi connectivity index (χ3v) is 2.93. The molecule has 0 spiro atoms. The van der Waals surface area contributed by atoms with Crippen LogP contribution in [0.5, 0.6) is 5.75 Å². The fourth-order valence-electron chi connectivity index (χ4n) is 2.07. The first-order valence-electron chi connectivity index (χ1n) is 5.49. The van der Waals surface area contributed by atoms with E-state index in [4.69, 9.17) is 10.5 Å². The first kappa shape index (κ1) is 11.4. The van der Waals surface area contributed by atoms with Crippen LogP contribution in [-0.4, -0.2) is 31.1 Å². The standard InChI is InChI=1S/C12H17FN2O/c1-16-12-3-2-9(6-11(12)13)7-15-5-4-10(14)8-15/h2-3,6,10H,4-5,7-8,14H2,1H3. The van der Waals surface area contributed by atoms with Crippen LogP contribution in [0.1, 0.15) is 12.0 Å². The minimum atomic E-state index is -0.302. The summed E-state index contributed by atoms with van der Waals surface area (Å²) < 4.78 is 18.3. The van der Waals surface area contributed by atoms with E-state index < -0.39 is 0 Å². The number of methoxy groups -OCH3 is 1. The molecule has 2 rings (SSSR count). The van der Waals surface area contributed by atoms with Gasteiger partial charge in [-0.05, 0) is 24.1 Å². The van der Waals surface area contributed by atoms with E-state index >= 15 is 0 Å². The van der Waals surface area contributed by atoms with Gasteiger partial charge in [-0.15, -0.1) is 0 Å². The van der Waals surface area contributed by atoms with E-state index in [2.05, 4.69) is 4.90 Å². The number of halogens is 1. The molecule has 16 heavy (non-hydrogen) atoms. The summed E-state index contributed by atoms with van der Waals surface area (Å²) in [5.41, 5.74) is 6.78. The Labute approximate surface area is 95.0 Å². The normalized spacial score (nSPS) is 21.3. The molecule has 1 heterocycles. The minimum Gasteiger partial charge on any atom is -0.494 e. The molecule has 1 aliphatic rings. The molecule has 0 aliphatic carbocycles. The van der Waals surface area contributed by atoms with Crippen LogP contribution < -0.4 is 10.5 Å². The zero-order valence-corrected chi connectivity index (χ0v) is 9.45. The van der Waals surface area contributed by atoms with Gasteiger partial charge in [0.2, 0.25) is 0 Å². The van der Waals surface area contributed by atoms with Crippen molar-refractivity contribution >= 4 is 0 Å². The molecule has 1 unspecified atom stereocenters. The van der Waals surface area contributed by atoms with E-state index in [1.54, 1.807) is 6.07 Å². The van der Waals surface area contributed by atoms with Gasteiger partial charge in [0.25, 0.3) is 0 Å². The molecule has 0 radical (unpaired) electrons. The van der Waals surface area contributed by atoms with Crippen LogP contribution in [-0.2, 0) is 6.54 Å². The van der Waals surface area contributed by atoms with E-state index in [1.807, 2.05) is 6.07 Å². The van der Waals surface area contributed by atoms with Crippen molar-refractivity contribution in [1.82, 2.24) is 4.90 Å². The molecule has 0 aromatic heterocycles. The number of nitrogens with two attached hydrogens (primary N) is 1. The van der Waals surface area contributed by atoms with Gasteiger partial charge in [0.15, 0.2) is 11.6 Å². The summed E-state index contributed by atoms with van der Waals surface area (Å²) in [6.45, 7) is 2.65. The number of benzene rings is 1. The van der Waals surface area contributed by atoms with Gasteiger partial charge in [-0.2, -0.15) is 0 Å². The highest BCUT2D eigenvalue weighted by Crippen LogP contribution is 2.19. The van der Waals surface area contributed by atoms with Gasteiger partial charge < -0.3 is 10.5 Å². The van der Waals surface area contributed by atoms with Gasteiger partial charge in [-0.3, -0.25) is 4.90 Å². The summed E-state index contributed by atoms with van der Waals surface area (Å²) in [4.78, 5) is 2.24. The number of nitrogens with zero attached hydrogens (tertiary/aromatic N) is 1. The third kappa shape index (κ3) is 2.51. The Morgan fingerprint density at radius 2 is 2.38 bits per heavy atom. The summed E-state index contributed by atoms with van der Waals surface area (Å²) in [5.74, 6) is -0.00892. The Bertz CT molecular complexity index is 370. The number of likely N-dealkylation sites (tertiary alicyclic amines) is 1. The largest absolute Gasteiger partial charge is 0.494 e. The van der Waals surface area contributed by atoms with Crippen LogP contribution in [0.4, 0.5) is 4.39 Å². The van der Waals surface area contributed by atoms with E-state index in [9.17, 15) is 4.39 Å². The molecule has 1 fully saturated rings. The molecule has 3 nitrogen and oxygen atoms in total. The Balaban J connectivity index is 2.02. The van der Waals surface area contributed by atoms with Crippen LogP contribution in [0, 0.1) is 5.82 Å². The monoisotopic (exact) mass is 224 g/mol. The van der Waals surface area contributed by atoms with Crippen molar-refractivity contribution < 1.29 is 9.13 Å². The van der Waals surface area contributed by atoms with Crippen molar-refractivity contribution in [1.29, 1.82) is 0 Å². The van der Waals surface area contributed by atoms with Gasteiger partial charge in [0, 0.05) is 25.7 Å². The highest BCUT2D eigenvalue weighted by Gasteiger charge is 2.19. The number of hydrogen-bond donors (Lipinski definition) is 1. The molecule has 1 aliphatic heterocycles. The lowest BCUT2D eigenvalue weighted by Crippen LogP contribution is -2.26. The summed E-state index contributed by atoms with van der Waals surface area (Å²) in [7, 11) is 1.47. The van der Waals surface area contributed by atoms with Crippen molar-refractivity contribution in [2.24, 2.45) is 5.73 Å². The van der Waals surface area contributed by atoms with Crippen LogP contribution in [0.25, 0.3) is 0 Å². The molecule has 0 saturated carbocycles. The van der Waals surface area contributed by atoms with Gasteiger partial charge in [0.1, 0.15) is 0 Å². The van der Waals surface area contributed by atoms with Crippen LogP contribution in [0.15, 0.2) is 18.2 Å². The van der Waals surface area contributed by atoms with Crippen molar-refractivity contribution in [3.05, 3.63) is 29.6 Å². The van der Waals surface area contributed by atoms with E-state index in [0.29, 0.717) is 5.75 Å². The Hall–Kier alpha value is -1.13. The molecular formula is C12H17FN2O. The SMILES string of the molecule is COc1ccc(CN2CCC(N)C2)cc1F. The molecule has 1 aromatic rings. The molecule has 1 saturated heterocycles. The third-order valence-electron chi connectivity index (χ3n) is 2.93. The second kappa shape index (κ2) is 4.80. The molecule has 0 bridgehead atoms. The van der Waals surface area contributed by atoms with Crippen molar-refractivity contribution in [3.8, 4) is 5.75 Å². The zero-order chi connectivity index (χ0) is 11.5. The van der Waals surface area contributed by atoms with E-state index in [1.165, 1.54) is 13.2 Å². The summed E-state index contributed by atoms with van der Waals surface area (Å²) in [6.07, 6.45) is 1.03. The number of rotatable bonds is 3. The minimum absolute atomic E-state index is 0.267. The van der Waals surface area contributed by atoms with E-state index in [0.717, 1.165) is 31.6 Å². The fourth-order valence-corrected chi connectivity index (χ4v) is 2.07. The predicted molar refractivity (Wildman–Crippen MR) is 60.8 cm³/mol. The lowest BCUT2D eigenvalue weighted by atomic mass is 10.2. The maximum absolute atomic E-state index is 13.4. The lowest BCUT2D eigenvalue weighted by molar-refractivity contribution is 0.325. The maximum atomic E-state index is 13.4. The summed E-state index contributed by atoms with van der Waals surface area (Å²) in [5, 5.41) is 0. The molecule has 1 aromatic carbocycles. The number of hydrogen-bond acceptors (Lipinski definition) is 3. The topological polar surface area (TPSA) is 38.5 Å². The first-order valence-corrected chi connectivity index (χ1v) is 5.49. The highest BCUT2D eigenvalue weighted by molar-refractivity contribution is 5.29. The van der Waals surface area contributed by atoms with Gasteiger partial charge in [0.05, 0.1) is 7.11 Å². The predicted octanol–water partition coefficient (Wildman–Crippen LogP) is 1.37. The second-order valence-electron chi connectivity index (χ2n) is 4.25. The molecule has 1 atom stereocenters.